The Kier molecular flexibility index (Phi) is 5.79. The molecule has 180 valence electrons. The Labute approximate surface area is 204 Å². The zero-order chi connectivity index (χ0) is 24.9. The van der Waals surface area contributed by atoms with Gasteiger partial charge in [-0.15, -0.1) is 0 Å². The van der Waals surface area contributed by atoms with Gasteiger partial charge in [-0.3, -0.25) is 19.2 Å². The fourth-order valence-corrected chi connectivity index (χ4v) is 5.37. The van der Waals surface area contributed by atoms with Gasteiger partial charge in [0.1, 0.15) is 5.75 Å². The minimum atomic E-state index is -0.567. The van der Waals surface area contributed by atoms with Crippen molar-refractivity contribution >= 4 is 35.1 Å². The Morgan fingerprint density at radius 3 is 2.43 bits per heavy atom. The van der Waals surface area contributed by atoms with Crippen LogP contribution in [0.5, 0.6) is 5.75 Å². The predicted molar refractivity (Wildman–Crippen MR) is 131 cm³/mol. The monoisotopic (exact) mass is 472 g/mol. The van der Waals surface area contributed by atoms with E-state index < -0.39 is 11.9 Å². The largest absolute Gasteiger partial charge is 0.426 e. The van der Waals surface area contributed by atoms with E-state index in [4.69, 9.17) is 4.74 Å². The highest BCUT2D eigenvalue weighted by atomic mass is 16.5. The smallest absolute Gasteiger partial charge is 0.316 e. The van der Waals surface area contributed by atoms with E-state index in [0.29, 0.717) is 23.4 Å². The van der Waals surface area contributed by atoms with Crippen molar-refractivity contribution in [2.24, 2.45) is 23.7 Å². The van der Waals surface area contributed by atoms with E-state index in [2.05, 4.69) is 0 Å². The number of nitrogens with zero attached hydrogens (tertiary/aromatic N) is 2. The van der Waals surface area contributed by atoms with Gasteiger partial charge in [-0.25, -0.2) is 4.90 Å². The van der Waals surface area contributed by atoms with Crippen LogP contribution in [0.4, 0.5) is 11.4 Å². The van der Waals surface area contributed by atoms with E-state index >= 15 is 0 Å². The molecule has 2 aromatic rings. The van der Waals surface area contributed by atoms with Gasteiger partial charge in [0.2, 0.25) is 17.7 Å². The quantitative estimate of drug-likeness (QED) is 0.291. The maximum absolute atomic E-state index is 13.1. The van der Waals surface area contributed by atoms with Gasteiger partial charge in [-0.05, 0) is 62.1 Å². The number of benzene rings is 2. The van der Waals surface area contributed by atoms with E-state index in [0.717, 1.165) is 11.3 Å². The SMILES string of the molecule is Cc1ccc(N2C[C@H](C(=O)Oc3ccc(N4C(=O)[C@@H]5[C@@H](C)C=CC[C@H]5C4=O)c(C)c3)CC2=O)cc1. The second kappa shape index (κ2) is 8.80. The number of esters is 1. The number of amides is 3. The molecule has 2 aliphatic heterocycles. The Hall–Kier alpha value is -3.74. The number of carbonyl (C=O) groups excluding carboxylic acids is 4. The van der Waals surface area contributed by atoms with Crippen molar-refractivity contribution in [2.75, 3.05) is 16.3 Å². The fourth-order valence-electron chi connectivity index (χ4n) is 5.37. The summed E-state index contributed by atoms with van der Waals surface area (Å²) in [4.78, 5) is 54.4. The number of fused-ring (bicyclic) bond motifs is 1. The molecule has 7 nitrogen and oxygen atoms in total. The molecule has 2 aromatic carbocycles. The average Bonchev–Trinajstić information content (AvgIpc) is 3.33. The highest BCUT2D eigenvalue weighted by molar-refractivity contribution is 6.22. The molecule has 1 aliphatic carbocycles. The lowest BCUT2D eigenvalue weighted by Gasteiger charge is -2.22. The van der Waals surface area contributed by atoms with Crippen LogP contribution in [-0.4, -0.2) is 30.2 Å². The molecule has 4 atom stereocenters. The third-order valence-electron chi connectivity index (χ3n) is 7.30. The standard InChI is InChI=1S/C28H28N2O5/c1-16-7-9-20(10-8-16)29-15-19(14-24(29)31)28(34)35-21-11-12-23(18(3)13-21)30-26(32)22-6-4-5-17(2)25(22)27(30)33/h4-5,7-13,17,19,22,25H,6,14-15H2,1-3H3/t17-,19+,22+,25+/m0/s1. The molecule has 2 fully saturated rings. The lowest BCUT2D eigenvalue weighted by molar-refractivity contribution is -0.139. The van der Waals surface area contributed by atoms with Gasteiger partial charge in [-0.1, -0.05) is 36.8 Å². The summed E-state index contributed by atoms with van der Waals surface area (Å²) in [5.41, 5.74) is 3.04. The Balaban J connectivity index is 1.28. The van der Waals surface area contributed by atoms with Crippen LogP contribution >= 0.6 is 0 Å². The lowest BCUT2D eigenvalue weighted by atomic mass is 9.78. The highest BCUT2D eigenvalue weighted by Gasteiger charge is 2.50. The zero-order valence-electron chi connectivity index (χ0n) is 20.1. The summed E-state index contributed by atoms with van der Waals surface area (Å²) in [5.74, 6) is -1.82. The minimum absolute atomic E-state index is 0.0179. The van der Waals surface area contributed by atoms with Crippen LogP contribution < -0.4 is 14.5 Å². The minimum Gasteiger partial charge on any atom is -0.426 e. The first-order valence-corrected chi connectivity index (χ1v) is 12.0. The molecular formula is C28H28N2O5. The molecular weight excluding hydrogens is 444 g/mol. The van der Waals surface area contributed by atoms with Crippen LogP contribution in [0.2, 0.25) is 0 Å². The second-order valence-corrected chi connectivity index (χ2v) is 9.78. The fraction of sp³-hybridized carbons (Fsp3) is 0.357. The molecule has 0 unspecified atom stereocenters. The number of carbonyl (C=O) groups is 4. The normalized spacial score (nSPS) is 25.9. The van der Waals surface area contributed by atoms with Crippen LogP contribution in [0.1, 0.15) is 30.9 Å². The molecule has 0 saturated carbocycles. The first-order valence-electron chi connectivity index (χ1n) is 12.0. The predicted octanol–water partition coefficient (Wildman–Crippen LogP) is 3.96. The molecule has 3 aliphatic rings. The molecule has 5 rings (SSSR count). The van der Waals surface area contributed by atoms with Crippen LogP contribution in [0.3, 0.4) is 0 Å². The Morgan fingerprint density at radius 2 is 1.74 bits per heavy atom. The molecule has 0 N–H and O–H groups in total. The topological polar surface area (TPSA) is 84.0 Å². The van der Waals surface area contributed by atoms with Gasteiger partial charge in [0.05, 0.1) is 23.4 Å². The van der Waals surface area contributed by atoms with Gasteiger partial charge < -0.3 is 9.64 Å². The van der Waals surface area contributed by atoms with Crippen LogP contribution in [0.15, 0.2) is 54.6 Å². The molecule has 3 amide bonds. The van der Waals surface area contributed by atoms with E-state index in [1.165, 1.54) is 4.90 Å². The number of hydrogen-bond donors (Lipinski definition) is 0. The number of imide groups is 1. The van der Waals surface area contributed by atoms with Crippen molar-refractivity contribution in [3.05, 3.63) is 65.7 Å². The van der Waals surface area contributed by atoms with Crippen molar-refractivity contribution in [3.63, 3.8) is 0 Å². The van der Waals surface area contributed by atoms with Gasteiger partial charge in [-0.2, -0.15) is 0 Å². The summed E-state index contributed by atoms with van der Waals surface area (Å²) in [6.45, 7) is 5.99. The number of allylic oxidation sites excluding steroid dienone is 2. The maximum Gasteiger partial charge on any atom is 0.316 e. The van der Waals surface area contributed by atoms with Crippen molar-refractivity contribution in [1.82, 2.24) is 0 Å². The van der Waals surface area contributed by atoms with Crippen LogP contribution in [0.25, 0.3) is 0 Å². The molecule has 0 bridgehead atoms. The van der Waals surface area contributed by atoms with E-state index in [1.807, 2.05) is 50.3 Å². The zero-order valence-corrected chi connectivity index (χ0v) is 20.1. The Bertz CT molecular complexity index is 1250. The van der Waals surface area contributed by atoms with E-state index in [-0.39, 0.29) is 48.4 Å². The van der Waals surface area contributed by atoms with Gasteiger partial charge in [0.25, 0.3) is 0 Å². The summed E-state index contributed by atoms with van der Waals surface area (Å²) in [6.07, 6.45) is 4.64. The first kappa shape index (κ1) is 23.0. The summed E-state index contributed by atoms with van der Waals surface area (Å²) in [7, 11) is 0. The number of rotatable bonds is 4. The Morgan fingerprint density at radius 1 is 1.00 bits per heavy atom. The van der Waals surface area contributed by atoms with Crippen molar-refractivity contribution in [2.45, 2.75) is 33.6 Å². The van der Waals surface area contributed by atoms with E-state index in [9.17, 15) is 19.2 Å². The molecule has 0 radical (unpaired) electrons. The summed E-state index contributed by atoms with van der Waals surface area (Å²) in [5, 5.41) is 0. The van der Waals surface area contributed by atoms with Crippen LogP contribution in [0, 0.1) is 37.5 Å². The van der Waals surface area contributed by atoms with Gasteiger partial charge >= 0.3 is 5.97 Å². The number of hydrogen-bond acceptors (Lipinski definition) is 5. The average molecular weight is 473 g/mol. The van der Waals surface area contributed by atoms with Crippen molar-refractivity contribution < 1.29 is 23.9 Å². The number of aryl methyl sites for hydroxylation is 2. The van der Waals surface area contributed by atoms with Crippen LogP contribution in [-0.2, 0) is 19.2 Å². The van der Waals surface area contributed by atoms with Crippen molar-refractivity contribution in [3.8, 4) is 5.75 Å². The molecule has 2 heterocycles. The summed E-state index contributed by atoms with van der Waals surface area (Å²) < 4.78 is 5.60. The molecule has 35 heavy (non-hydrogen) atoms. The molecule has 7 heteroatoms. The molecule has 0 aromatic heterocycles. The second-order valence-electron chi connectivity index (χ2n) is 9.78. The number of anilines is 2. The summed E-state index contributed by atoms with van der Waals surface area (Å²) in [6, 6.07) is 12.5. The first-order chi connectivity index (χ1) is 16.7. The maximum atomic E-state index is 13.1. The lowest BCUT2D eigenvalue weighted by Crippen LogP contribution is -2.32. The molecule has 2 saturated heterocycles. The number of ether oxygens (including phenoxy) is 1. The molecule has 0 spiro atoms. The highest BCUT2D eigenvalue weighted by Crippen LogP contribution is 2.41. The summed E-state index contributed by atoms with van der Waals surface area (Å²) >= 11 is 0. The van der Waals surface area contributed by atoms with Gasteiger partial charge in [0, 0.05) is 18.7 Å². The van der Waals surface area contributed by atoms with E-state index in [1.54, 1.807) is 30.0 Å². The third kappa shape index (κ3) is 4.05. The van der Waals surface area contributed by atoms with Gasteiger partial charge in [0.15, 0.2) is 0 Å². The third-order valence-corrected chi connectivity index (χ3v) is 7.30. The van der Waals surface area contributed by atoms with Crippen molar-refractivity contribution in [1.29, 1.82) is 0 Å².